The highest BCUT2D eigenvalue weighted by Crippen LogP contribution is 2.45. The number of benzene rings is 2. The van der Waals surface area contributed by atoms with Crippen molar-refractivity contribution in [3.8, 4) is 11.4 Å². The van der Waals surface area contributed by atoms with Crippen LogP contribution in [0.2, 0.25) is 5.02 Å². The number of rotatable bonds is 6. The lowest BCUT2D eigenvalue weighted by Gasteiger charge is -2.29. The fraction of sp³-hybridized carbons (Fsp3) is 0.233. The maximum absolute atomic E-state index is 11.9. The quantitative estimate of drug-likeness (QED) is 0.259. The SMILES string of the molecule is COc1ccc(N2C(=S)N[C@H](c3ccccn3)[C@@H]2c2cc(C)n(-c3cc(Cl)ccc3C)c2C)cc1NC(C)=O. The van der Waals surface area contributed by atoms with E-state index in [0.29, 0.717) is 21.6 Å². The number of methoxy groups -OCH3 is 1. The molecular formula is C30H30ClN5O2S. The summed E-state index contributed by atoms with van der Waals surface area (Å²) in [6, 6.07) is 19.3. The van der Waals surface area contributed by atoms with Gasteiger partial charge in [0, 0.05) is 40.9 Å². The minimum Gasteiger partial charge on any atom is -0.495 e. The van der Waals surface area contributed by atoms with Gasteiger partial charge in [-0.1, -0.05) is 23.7 Å². The molecule has 2 aromatic carbocycles. The van der Waals surface area contributed by atoms with Gasteiger partial charge in [-0.2, -0.15) is 0 Å². The van der Waals surface area contributed by atoms with Crippen LogP contribution in [0.1, 0.15) is 47.2 Å². The molecule has 1 fully saturated rings. The van der Waals surface area contributed by atoms with Crippen LogP contribution in [-0.4, -0.2) is 27.7 Å². The van der Waals surface area contributed by atoms with Gasteiger partial charge in [0.1, 0.15) is 5.75 Å². The minimum atomic E-state index is -0.217. The second kappa shape index (κ2) is 10.7. The average molecular weight is 560 g/mol. The fourth-order valence-electron chi connectivity index (χ4n) is 5.36. The topological polar surface area (TPSA) is 71.4 Å². The van der Waals surface area contributed by atoms with Gasteiger partial charge in [-0.3, -0.25) is 9.78 Å². The number of nitrogens with one attached hydrogen (secondary N) is 2. The standard InChI is InChI=1S/C30H30ClN5O2S/c1-17-9-10-21(31)15-26(17)35-18(2)14-23(19(35)3)29-28(24-8-6-7-13-32-24)34-30(39)36(29)22-11-12-27(38-5)25(16-22)33-20(4)37/h6-16,28-29H,1-5H3,(H,33,37)(H,34,39)/t28-,29+/m1/s1. The average Bonchev–Trinajstić information content (AvgIpc) is 3.40. The molecule has 3 heterocycles. The molecule has 39 heavy (non-hydrogen) atoms. The van der Waals surface area contributed by atoms with Crippen molar-refractivity contribution in [1.82, 2.24) is 14.9 Å². The Morgan fingerprint density at radius 1 is 1.10 bits per heavy atom. The molecule has 1 aliphatic heterocycles. The van der Waals surface area contributed by atoms with Gasteiger partial charge in [-0.25, -0.2) is 0 Å². The third kappa shape index (κ3) is 4.97. The Kier molecular flexibility index (Phi) is 7.34. The molecule has 1 saturated heterocycles. The molecular weight excluding hydrogens is 530 g/mol. The number of aromatic nitrogens is 2. The summed E-state index contributed by atoms with van der Waals surface area (Å²) < 4.78 is 7.73. The van der Waals surface area contributed by atoms with Crippen molar-refractivity contribution in [3.05, 3.63) is 100 Å². The number of amides is 1. The van der Waals surface area contributed by atoms with Crippen LogP contribution >= 0.6 is 23.8 Å². The summed E-state index contributed by atoms with van der Waals surface area (Å²) in [4.78, 5) is 18.7. The molecule has 0 aliphatic carbocycles. The first-order chi connectivity index (χ1) is 18.7. The predicted octanol–water partition coefficient (Wildman–Crippen LogP) is 6.60. The maximum Gasteiger partial charge on any atom is 0.221 e. The van der Waals surface area contributed by atoms with E-state index in [2.05, 4.69) is 51.9 Å². The molecule has 5 rings (SSSR count). The van der Waals surface area contributed by atoms with Gasteiger partial charge in [0.05, 0.1) is 30.6 Å². The molecule has 0 unspecified atom stereocenters. The third-order valence-electron chi connectivity index (χ3n) is 7.07. The third-order valence-corrected chi connectivity index (χ3v) is 7.62. The van der Waals surface area contributed by atoms with Gasteiger partial charge in [0.25, 0.3) is 0 Å². The maximum atomic E-state index is 11.9. The lowest BCUT2D eigenvalue weighted by molar-refractivity contribution is -0.114. The Balaban J connectivity index is 1.70. The van der Waals surface area contributed by atoms with Crippen molar-refractivity contribution in [3.63, 3.8) is 0 Å². The van der Waals surface area contributed by atoms with E-state index in [9.17, 15) is 4.79 Å². The zero-order valence-electron chi connectivity index (χ0n) is 22.4. The number of thiocarbonyl (C=S) groups is 1. The first-order valence-corrected chi connectivity index (χ1v) is 13.4. The number of aryl methyl sites for hydroxylation is 2. The summed E-state index contributed by atoms with van der Waals surface area (Å²) in [6.45, 7) is 7.77. The molecule has 0 bridgehead atoms. The first kappa shape index (κ1) is 26.7. The van der Waals surface area contributed by atoms with E-state index in [1.807, 2.05) is 54.6 Å². The second-order valence-electron chi connectivity index (χ2n) is 9.66. The number of ether oxygens (including phenoxy) is 1. The monoisotopic (exact) mass is 559 g/mol. The summed E-state index contributed by atoms with van der Waals surface area (Å²) in [7, 11) is 1.58. The van der Waals surface area contributed by atoms with E-state index in [0.717, 1.165) is 39.6 Å². The molecule has 1 aliphatic rings. The number of pyridine rings is 1. The number of anilines is 2. The molecule has 9 heteroatoms. The number of carbonyl (C=O) groups is 1. The Labute approximate surface area is 238 Å². The van der Waals surface area contributed by atoms with Crippen LogP contribution in [0.3, 0.4) is 0 Å². The molecule has 0 radical (unpaired) electrons. The highest BCUT2D eigenvalue weighted by atomic mass is 35.5. The second-order valence-corrected chi connectivity index (χ2v) is 10.5. The van der Waals surface area contributed by atoms with Gasteiger partial charge in [-0.15, -0.1) is 0 Å². The minimum absolute atomic E-state index is 0.184. The zero-order valence-corrected chi connectivity index (χ0v) is 24.0. The van der Waals surface area contributed by atoms with E-state index >= 15 is 0 Å². The highest BCUT2D eigenvalue weighted by Gasteiger charge is 2.42. The Bertz CT molecular complexity index is 1570. The number of hydrogen-bond donors (Lipinski definition) is 2. The summed E-state index contributed by atoms with van der Waals surface area (Å²) in [6.07, 6.45) is 1.79. The number of nitrogens with zero attached hydrogens (tertiary/aromatic N) is 3. The number of carbonyl (C=O) groups excluding carboxylic acids is 1. The van der Waals surface area contributed by atoms with Gasteiger partial charge in [-0.05, 0) is 92.6 Å². The first-order valence-electron chi connectivity index (χ1n) is 12.6. The van der Waals surface area contributed by atoms with E-state index in [1.165, 1.54) is 6.92 Å². The molecule has 2 atom stereocenters. The molecule has 7 nitrogen and oxygen atoms in total. The molecule has 200 valence electrons. The van der Waals surface area contributed by atoms with Crippen molar-refractivity contribution in [2.24, 2.45) is 0 Å². The Morgan fingerprint density at radius 3 is 2.59 bits per heavy atom. The Hall–Kier alpha value is -3.88. The number of halogens is 1. The van der Waals surface area contributed by atoms with Crippen LogP contribution < -0.4 is 20.3 Å². The van der Waals surface area contributed by atoms with Crippen molar-refractivity contribution in [1.29, 1.82) is 0 Å². The number of hydrogen-bond acceptors (Lipinski definition) is 4. The summed E-state index contributed by atoms with van der Waals surface area (Å²) in [5.41, 5.74) is 7.71. The lowest BCUT2D eigenvalue weighted by atomic mass is 9.96. The fourth-order valence-corrected chi connectivity index (χ4v) is 5.88. The largest absolute Gasteiger partial charge is 0.495 e. The summed E-state index contributed by atoms with van der Waals surface area (Å²) in [5.74, 6) is 0.385. The van der Waals surface area contributed by atoms with Crippen LogP contribution in [0.15, 0.2) is 66.9 Å². The van der Waals surface area contributed by atoms with E-state index in [-0.39, 0.29) is 18.0 Å². The zero-order chi connectivity index (χ0) is 27.8. The molecule has 1 amide bonds. The Morgan fingerprint density at radius 2 is 1.90 bits per heavy atom. The van der Waals surface area contributed by atoms with Gasteiger partial charge in [0.15, 0.2) is 5.11 Å². The van der Waals surface area contributed by atoms with Gasteiger partial charge >= 0.3 is 0 Å². The smallest absolute Gasteiger partial charge is 0.221 e. The van der Waals surface area contributed by atoms with Crippen LogP contribution in [0, 0.1) is 20.8 Å². The highest BCUT2D eigenvalue weighted by molar-refractivity contribution is 7.80. The van der Waals surface area contributed by atoms with Crippen molar-refractivity contribution < 1.29 is 9.53 Å². The van der Waals surface area contributed by atoms with Crippen LogP contribution in [0.25, 0.3) is 5.69 Å². The summed E-state index contributed by atoms with van der Waals surface area (Å²) >= 11 is 12.3. The predicted molar refractivity (Wildman–Crippen MR) is 160 cm³/mol. The van der Waals surface area contributed by atoms with Gasteiger partial charge < -0.3 is 24.8 Å². The van der Waals surface area contributed by atoms with Gasteiger partial charge in [0.2, 0.25) is 5.91 Å². The van der Waals surface area contributed by atoms with E-state index in [1.54, 1.807) is 13.3 Å². The molecule has 0 saturated carbocycles. The van der Waals surface area contributed by atoms with E-state index < -0.39 is 0 Å². The van der Waals surface area contributed by atoms with Crippen molar-refractivity contribution in [2.75, 3.05) is 17.3 Å². The lowest BCUT2D eigenvalue weighted by Crippen LogP contribution is -2.29. The van der Waals surface area contributed by atoms with E-state index in [4.69, 9.17) is 28.6 Å². The van der Waals surface area contributed by atoms with Crippen LogP contribution in [0.4, 0.5) is 11.4 Å². The molecule has 2 aromatic heterocycles. The van der Waals surface area contributed by atoms with Crippen molar-refractivity contribution in [2.45, 2.75) is 39.8 Å². The normalized spacial score (nSPS) is 16.8. The van der Waals surface area contributed by atoms with Crippen LogP contribution in [-0.2, 0) is 4.79 Å². The summed E-state index contributed by atoms with van der Waals surface area (Å²) in [5, 5.41) is 7.65. The molecule has 0 spiro atoms. The molecule has 4 aromatic rings. The molecule has 2 N–H and O–H groups in total. The van der Waals surface area contributed by atoms with Crippen molar-refractivity contribution >= 4 is 46.2 Å². The van der Waals surface area contributed by atoms with Crippen LogP contribution in [0.5, 0.6) is 5.75 Å².